The van der Waals surface area contributed by atoms with Crippen LogP contribution in [-0.2, 0) is 22.6 Å². The summed E-state index contributed by atoms with van der Waals surface area (Å²) < 4.78 is 1.99. The van der Waals surface area contributed by atoms with E-state index in [9.17, 15) is 9.59 Å². The van der Waals surface area contributed by atoms with Gasteiger partial charge in [0.15, 0.2) is 0 Å². The van der Waals surface area contributed by atoms with Crippen LogP contribution >= 0.6 is 0 Å². The predicted octanol–water partition coefficient (Wildman–Crippen LogP) is 3.95. The van der Waals surface area contributed by atoms with Crippen LogP contribution < -0.4 is 10.6 Å². The Balaban J connectivity index is 1.25. The molecule has 1 saturated heterocycles. The summed E-state index contributed by atoms with van der Waals surface area (Å²) in [4.78, 5) is 29.9. The Morgan fingerprint density at radius 2 is 1.51 bits per heavy atom. The summed E-state index contributed by atoms with van der Waals surface area (Å²) in [5, 5.41) is 10.9. The van der Waals surface area contributed by atoms with Crippen molar-refractivity contribution in [2.45, 2.75) is 47.1 Å². The Hall–Kier alpha value is -3.49. The highest BCUT2D eigenvalue weighted by Gasteiger charge is 2.20. The van der Waals surface area contributed by atoms with Crippen LogP contribution in [-0.4, -0.2) is 70.7 Å². The van der Waals surface area contributed by atoms with E-state index >= 15 is 0 Å². The lowest BCUT2D eigenvalue weighted by atomic mass is 10.1. The second kappa shape index (κ2) is 13.5. The van der Waals surface area contributed by atoms with Gasteiger partial charge in [0.25, 0.3) is 0 Å². The molecule has 0 aliphatic carbocycles. The van der Waals surface area contributed by atoms with Crippen molar-refractivity contribution >= 4 is 17.5 Å². The summed E-state index contributed by atoms with van der Waals surface area (Å²) in [5.74, 6) is 0.508. The fourth-order valence-corrected chi connectivity index (χ4v) is 5.10. The summed E-state index contributed by atoms with van der Waals surface area (Å²) in [7, 11) is 0. The summed E-state index contributed by atoms with van der Waals surface area (Å²) in [6.07, 6.45) is 1.84. The van der Waals surface area contributed by atoms with Gasteiger partial charge >= 0.3 is 0 Å². The lowest BCUT2D eigenvalue weighted by molar-refractivity contribution is -0.122. The zero-order valence-electron chi connectivity index (χ0n) is 23.7. The summed E-state index contributed by atoms with van der Waals surface area (Å²) in [6.45, 7) is 12.7. The number of anilines is 1. The third-order valence-corrected chi connectivity index (χ3v) is 7.08. The molecule has 8 heteroatoms. The van der Waals surface area contributed by atoms with Crippen molar-refractivity contribution < 1.29 is 9.59 Å². The van der Waals surface area contributed by atoms with Crippen LogP contribution in [0.1, 0.15) is 42.8 Å². The maximum Gasteiger partial charge on any atom is 0.238 e. The van der Waals surface area contributed by atoms with Crippen LogP contribution in [0, 0.1) is 19.8 Å². The van der Waals surface area contributed by atoms with E-state index in [1.807, 2.05) is 54.9 Å². The van der Waals surface area contributed by atoms with Crippen LogP contribution in [0.25, 0.3) is 5.69 Å². The third kappa shape index (κ3) is 8.25. The van der Waals surface area contributed by atoms with E-state index in [-0.39, 0.29) is 11.8 Å². The van der Waals surface area contributed by atoms with Crippen molar-refractivity contribution in [3.05, 3.63) is 77.1 Å². The lowest BCUT2D eigenvalue weighted by Crippen LogP contribution is -2.40. The van der Waals surface area contributed by atoms with E-state index in [1.54, 1.807) is 0 Å². The van der Waals surface area contributed by atoms with Crippen molar-refractivity contribution in [1.82, 2.24) is 24.9 Å². The number of benzene rings is 2. The minimum Gasteiger partial charge on any atom is -0.349 e. The standard InChI is InChI=1S/C31H42N6O2/c1-23(2)18-28-19-26(34-37(28)27-12-6-5-7-13-27)20-32-29(38)21-35-14-9-15-36(17-16-35)22-30(39)33-31-24(3)10-8-11-25(31)4/h5-8,10-13,19,23H,9,14-18,20-22H2,1-4H3,(H,32,38)(H,33,39). The Morgan fingerprint density at radius 3 is 2.15 bits per heavy atom. The molecule has 8 nitrogen and oxygen atoms in total. The SMILES string of the molecule is Cc1cccc(C)c1NC(=O)CN1CCCN(CC(=O)NCc2cc(CC(C)C)n(-c3ccccc3)n2)CC1. The number of hydrogen-bond acceptors (Lipinski definition) is 5. The lowest BCUT2D eigenvalue weighted by Gasteiger charge is -2.21. The molecule has 2 heterocycles. The first kappa shape index (κ1) is 28.5. The molecule has 0 unspecified atom stereocenters. The van der Waals surface area contributed by atoms with Gasteiger partial charge in [-0.15, -0.1) is 0 Å². The molecule has 2 amide bonds. The fraction of sp³-hybridized carbons (Fsp3) is 0.452. The number of para-hydroxylation sites is 2. The van der Waals surface area contributed by atoms with Gasteiger partial charge in [-0.3, -0.25) is 19.4 Å². The summed E-state index contributed by atoms with van der Waals surface area (Å²) in [5.41, 5.74) is 6.08. The molecule has 1 aliphatic heterocycles. The number of nitrogens with zero attached hydrogens (tertiary/aromatic N) is 4. The number of aromatic nitrogens is 2. The van der Waals surface area contributed by atoms with Crippen LogP contribution in [0.15, 0.2) is 54.6 Å². The first-order valence-corrected chi connectivity index (χ1v) is 14.0. The predicted molar refractivity (Wildman–Crippen MR) is 156 cm³/mol. The van der Waals surface area contributed by atoms with Gasteiger partial charge in [-0.25, -0.2) is 4.68 Å². The number of aryl methyl sites for hydroxylation is 2. The first-order valence-electron chi connectivity index (χ1n) is 14.0. The van der Waals surface area contributed by atoms with Crippen molar-refractivity contribution in [1.29, 1.82) is 0 Å². The highest BCUT2D eigenvalue weighted by atomic mass is 16.2. The third-order valence-electron chi connectivity index (χ3n) is 7.08. The zero-order chi connectivity index (χ0) is 27.8. The zero-order valence-corrected chi connectivity index (χ0v) is 23.7. The topological polar surface area (TPSA) is 82.5 Å². The molecule has 0 saturated carbocycles. The largest absolute Gasteiger partial charge is 0.349 e. The molecule has 1 aliphatic rings. The van der Waals surface area contributed by atoms with Gasteiger partial charge in [-0.2, -0.15) is 5.10 Å². The van der Waals surface area contributed by atoms with Crippen LogP contribution in [0.2, 0.25) is 0 Å². The van der Waals surface area contributed by atoms with E-state index in [0.29, 0.717) is 25.6 Å². The van der Waals surface area contributed by atoms with E-state index in [1.165, 1.54) is 0 Å². The van der Waals surface area contributed by atoms with Gasteiger partial charge < -0.3 is 10.6 Å². The van der Waals surface area contributed by atoms with Gasteiger partial charge in [0.1, 0.15) is 0 Å². The maximum atomic E-state index is 12.8. The molecule has 39 heavy (non-hydrogen) atoms. The average molecular weight is 531 g/mol. The van der Waals surface area contributed by atoms with E-state index in [0.717, 1.165) is 72.9 Å². The van der Waals surface area contributed by atoms with E-state index < -0.39 is 0 Å². The number of nitrogens with one attached hydrogen (secondary N) is 2. The smallest absolute Gasteiger partial charge is 0.238 e. The molecule has 1 aromatic heterocycles. The Kier molecular flexibility index (Phi) is 9.90. The molecule has 208 valence electrons. The molecule has 4 rings (SSSR count). The Morgan fingerprint density at radius 1 is 0.872 bits per heavy atom. The Labute approximate surface area is 232 Å². The average Bonchev–Trinajstić information content (AvgIpc) is 3.17. The van der Waals surface area contributed by atoms with Gasteiger partial charge in [-0.1, -0.05) is 50.2 Å². The molecule has 2 N–H and O–H groups in total. The van der Waals surface area contributed by atoms with Gasteiger partial charge in [0, 0.05) is 24.5 Å². The van der Waals surface area contributed by atoms with Crippen LogP contribution in [0.5, 0.6) is 0 Å². The normalized spacial score (nSPS) is 14.8. The molecule has 2 aromatic carbocycles. The molecular formula is C31H42N6O2. The summed E-state index contributed by atoms with van der Waals surface area (Å²) in [6, 6.07) is 18.2. The summed E-state index contributed by atoms with van der Waals surface area (Å²) >= 11 is 0. The monoisotopic (exact) mass is 530 g/mol. The molecule has 3 aromatic rings. The second-order valence-electron chi connectivity index (χ2n) is 11.0. The van der Waals surface area contributed by atoms with Gasteiger partial charge in [0.2, 0.25) is 11.8 Å². The Bertz CT molecular complexity index is 1230. The van der Waals surface area contributed by atoms with Gasteiger partial charge in [0.05, 0.1) is 31.0 Å². The van der Waals surface area contributed by atoms with Crippen molar-refractivity contribution in [3.63, 3.8) is 0 Å². The van der Waals surface area contributed by atoms with E-state index in [4.69, 9.17) is 5.10 Å². The van der Waals surface area contributed by atoms with Gasteiger partial charge in [-0.05, 0) is 75.0 Å². The number of carbonyl (C=O) groups excluding carboxylic acids is 2. The molecule has 0 atom stereocenters. The highest BCUT2D eigenvalue weighted by Crippen LogP contribution is 2.19. The second-order valence-corrected chi connectivity index (χ2v) is 11.0. The number of rotatable bonds is 10. The molecule has 0 spiro atoms. The van der Waals surface area contributed by atoms with Crippen molar-refractivity contribution in [2.75, 3.05) is 44.6 Å². The number of hydrogen-bond donors (Lipinski definition) is 2. The molecular weight excluding hydrogens is 488 g/mol. The molecule has 0 radical (unpaired) electrons. The minimum absolute atomic E-state index is 0.00380. The van der Waals surface area contributed by atoms with Crippen LogP contribution in [0.4, 0.5) is 5.69 Å². The minimum atomic E-state index is -0.00380. The quantitative estimate of drug-likeness (QED) is 0.415. The first-order chi connectivity index (χ1) is 18.8. The number of carbonyl (C=O) groups is 2. The maximum absolute atomic E-state index is 12.8. The van der Waals surface area contributed by atoms with Crippen molar-refractivity contribution in [3.8, 4) is 5.69 Å². The fourth-order valence-electron chi connectivity index (χ4n) is 5.10. The molecule has 0 bridgehead atoms. The highest BCUT2D eigenvalue weighted by molar-refractivity contribution is 5.93. The van der Waals surface area contributed by atoms with E-state index in [2.05, 4.69) is 52.5 Å². The van der Waals surface area contributed by atoms with Crippen molar-refractivity contribution in [2.24, 2.45) is 5.92 Å². The number of amides is 2. The molecule has 1 fully saturated rings. The van der Waals surface area contributed by atoms with Crippen LogP contribution in [0.3, 0.4) is 0 Å².